The van der Waals surface area contributed by atoms with Crippen molar-refractivity contribution in [1.82, 2.24) is 9.97 Å². The fraction of sp³-hybridized carbons (Fsp3) is 0.643. The number of halogens is 1. The molecular formula is C14H19IN5-. The third-order valence-corrected chi connectivity index (χ3v) is 9.09. The average Bonchev–Trinajstić information content (AvgIpc) is 2.66. The van der Waals surface area contributed by atoms with Crippen LogP contribution in [0.1, 0.15) is 55.6 Å². The zero-order chi connectivity index (χ0) is 14.3. The average molecular weight is 384 g/mol. The van der Waals surface area contributed by atoms with E-state index in [1.54, 1.807) is 0 Å². The van der Waals surface area contributed by atoms with Gasteiger partial charge >= 0.3 is 129 Å². The van der Waals surface area contributed by atoms with Gasteiger partial charge in [-0.15, -0.1) is 0 Å². The monoisotopic (exact) mass is 384 g/mol. The van der Waals surface area contributed by atoms with E-state index in [2.05, 4.69) is 25.8 Å². The molecule has 1 fully saturated rings. The van der Waals surface area contributed by atoms with E-state index < -0.39 is 6.17 Å². The van der Waals surface area contributed by atoms with Crippen molar-refractivity contribution in [2.45, 2.75) is 38.3 Å². The molecule has 20 heavy (non-hydrogen) atoms. The number of rotatable bonds is 0. The van der Waals surface area contributed by atoms with E-state index in [-0.39, 0.29) is 32.0 Å². The summed E-state index contributed by atoms with van der Waals surface area (Å²) in [5, 5.41) is 0. The maximum atomic E-state index is 6.02. The number of aromatic nitrogens is 2. The SMILES string of the molecule is CC12C[I-]CC(c3nc4c(nc31)C(N)N=C4N)C2(C)C. The third-order valence-electron chi connectivity index (χ3n) is 5.52. The Morgan fingerprint density at radius 1 is 1.20 bits per heavy atom. The molecule has 108 valence electrons. The van der Waals surface area contributed by atoms with Crippen LogP contribution in [-0.4, -0.2) is 24.7 Å². The van der Waals surface area contributed by atoms with Gasteiger partial charge in [-0.2, -0.15) is 0 Å². The van der Waals surface area contributed by atoms with Crippen LogP contribution in [0.15, 0.2) is 4.99 Å². The zero-order valence-corrected chi connectivity index (χ0v) is 14.1. The van der Waals surface area contributed by atoms with Gasteiger partial charge in [-0.05, 0) is 0 Å². The first-order chi connectivity index (χ1) is 9.36. The van der Waals surface area contributed by atoms with Crippen LogP contribution in [0.25, 0.3) is 0 Å². The maximum absolute atomic E-state index is 6.02. The first-order valence-electron chi connectivity index (χ1n) is 6.91. The van der Waals surface area contributed by atoms with Crippen LogP contribution >= 0.6 is 0 Å². The van der Waals surface area contributed by atoms with Crippen molar-refractivity contribution in [2.24, 2.45) is 21.9 Å². The molecule has 4 N–H and O–H groups in total. The van der Waals surface area contributed by atoms with E-state index in [0.29, 0.717) is 11.8 Å². The summed E-state index contributed by atoms with van der Waals surface area (Å²) >= 11 is 0.238. The predicted octanol–water partition coefficient (Wildman–Crippen LogP) is -2.36. The molecule has 0 radical (unpaired) electrons. The van der Waals surface area contributed by atoms with E-state index in [4.69, 9.17) is 21.4 Å². The van der Waals surface area contributed by atoms with Crippen molar-refractivity contribution >= 4 is 5.84 Å². The van der Waals surface area contributed by atoms with Gasteiger partial charge in [0.1, 0.15) is 0 Å². The standard InChI is InChI=1S/C14H19IN5/c1-13(2)6-4-15-5-14(13,3)10-7(6)18-8-9(19-10)12(17)20-11(8)16/h6,12H,4-5,17H2,1-3H3,(H2,16,20)/q-1. The summed E-state index contributed by atoms with van der Waals surface area (Å²) in [7, 11) is 0. The van der Waals surface area contributed by atoms with Gasteiger partial charge in [0.15, 0.2) is 0 Å². The molecule has 0 amide bonds. The zero-order valence-electron chi connectivity index (χ0n) is 11.9. The molecule has 1 saturated heterocycles. The van der Waals surface area contributed by atoms with Crippen molar-refractivity contribution < 1.29 is 21.2 Å². The van der Waals surface area contributed by atoms with E-state index in [1.807, 2.05) is 0 Å². The Labute approximate surface area is 128 Å². The Balaban J connectivity index is 2.00. The number of alkyl halides is 2. The van der Waals surface area contributed by atoms with Gasteiger partial charge < -0.3 is 0 Å². The number of nitrogens with two attached hydrogens (primary N) is 2. The molecule has 3 atom stereocenters. The molecule has 1 aromatic rings. The summed E-state index contributed by atoms with van der Waals surface area (Å²) in [6.45, 7) is 7.09. The van der Waals surface area contributed by atoms with Crippen LogP contribution in [0, 0.1) is 5.41 Å². The van der Waals surface area contributed by atoms with Gasteiger partial charge in [0.25, 0.3) is 0 Å². The fourth-order valence-corrected chi connectivity index (χ4v) is 8.54. The second-order valence-electron chi connectivity index (χ2n) is 6.73. The molecule has 3 aliphatic rings. The topological polar surface area (TPSA) is 90.2 Å². The summed E-state index contributed by atoms with van der Waals surface area (Å²) in [4.78, 5) is 14.0. The van der Waals surface area contributed by atoms with E-state index in [1.165, 1.54) is 20.2 Å². The molecule has 1 aromatic heterocycles. The van der Waals surface area contributed by atoms with Gasteiger partial charge in [-0.1, -0.05) is 0 Å². The third kappa shape index (κ3) is 1.30. The first kappa shape index (κ1) is 12.9. The van der Waals surface area contributed by atoms with Crippen LogP contribution in [0.4, 0.5) is 0 Å². The molecule has 2 bridgehead atoms. The summed E-state index contributed by atoms with van der Waals surface area (Å²) < 4.78 is 2.58. The van der Waals surface area contributed by atoms with Crippen molar-refractivity contribution in [3.05, 3.63) is 22.8 Å². The minimum absolute atomic E-state index is 0.137. The number of hydrogen-bond acceptors (Lipinski definition) is 5. The number of aliphatic imine (C=N–C) groups is 1. The summed E-state index contributed by atoms with van der Waals surface area (Å²) in [6, 6.07) is 0. The number of hydrogen-bond donors (Lipinski definition) is 2. The first-order valence-corrected chi connectivity index (χ1v) is 9.96. The van der Waals surface area contributed by atoms with E-state index in [9.17, 15) is 0 Å². The number of fused-ring (bicyclic) bond motifs is 6. The summed E-state index contributed by atoms with van der Waals surface area (Å²) in [5.74, 6) is 0.966. The molecule has 0 spiro atoms. The van der Waals surface area contributed by atoms with Crippen molar-refractivity contribution in [2.75, 3.05) is 8.86 Å². The quantitative estimate of drug-likeness (QED) is 0.387. The molecule has 6 heteroatoms. The van der Waals surface area contributed by atoms with Crippen molar-refractivity contribution in [1.29, 1.82) is 0 Å². The number of nitrogens with zero attached hydrogens (tertiary/aromatic N) is 3. The van der Waals surface area contributed by atoms with Gasteiger partial charge in [0, 0.05) is 0 Å². The molecule has 3 unspecified atom stereocenters. The molecule has 2 aliphatic heterocycles. The number of amidine groups is 1. The van der Waals surface area contributed by atoms with Crippen molar-refractivity contribution in [3.8, 4) is 0 Å². The minimum atomic E-state index is -0.440. The second-order valence-corrected chi connectivity index (χ2v) is 9.46. The Morgan fingerprint density at radius 3 is 2.70 bits per heavy atom. The molecular weight excluding hydrogens is 365 g/mol. The molecule has 3 heterocycles. The van der Waals surface area contributed by atoms with E-state index >= 15 is 0 Å². The molecule has 0 aromatic carbocycles. The molecule has 0 saturated carbocycles. The van der Waals surface area contributed by atoms with Gasteiger partial charge in [0.05, 0.1) is 0 Å². The molecule has 5 nitrogen and oxygen atoms in total. The van der Waals surface area contributed by atoms with E-state index in [0.717, 1.165) is 11.4 Å². The van der Waals surface area contributed by atoms with Gasteiger partial charge in [0.2, 0.25) is 0 Å². The van der Waals surface area contributed by atoms with Crippen LogP contribution < -0.4 is 32.7 Å². The van der Waals surface area contributed by atoms with Crippen LogP contribution in [-0.2, 0) is 5.41 Å². The Morgan fingerprint density at radius 2 is 1.95 bits per heavy atom. The molecule has 1 aliphatic carbocycles. The Bertz CT molecular complexity index is 653. The fourth-order valence-electron chi connectivity index (χ4n) is 3.66. The van der Waals surface area contributed by atoms with Crippen molar-refractivity contribution in [3.63, 3.8) is 0 Å². The Kier molecular flexibility index (Phi) is 2.40. The van der Waals surface area contributed by atoms with Gasteiger partial charge in [-0.3, -0.25) is 0 Å². The van der Waals surface area contributed by atoms with Crippen LogP contribution in [0.2, 0.25) is 0 Å². The van der Waals surface area contributed by atoms with Crippen LogP contribution in [0.5, 0.6) is 0 Å². The Hall–Kier alpha value is -0.760. The van der Waals surface area contributed by atoms with Crippen LogP contribution in [0.3, 0.4) is 0 Å². The summed E-state index contributed by atoms with van der Waals surface area (Å²) in [6.07, 6.45) is -0.440. The second kappa shape index (κ2) is 3.71. The molecule has 4 rings (SSSR count). The predicted molar refractivity (Wildman–Crippen MR) is 73.3 cm³/mol. The summed E-state index contributed by atoms with van der Waals surface area (Å²) in [5.41, 5.74) is 16.1. The normalized spacial score (nSPS) is 36.9. The van der Waals surface area contributed by atoms with Gasteiger partial charge in [-0.25, -0.2) is 0 Å².